The fourth-order valence-corrected chi connectivity index (χ4v) is 1.66. The van der Waals surface area contributed by atoms with E-state index in [-0.39, 0.29) is 11.7 Å². The smallest absolute Gasteiger partial charge is 0.209 e. The molecule has 0 radical (unpaired) electrons. The van der Waals surface area contributed by atoms with E-state index < -0.39 is 10.0 Å². The number of sulfonamides is 1. The second kappa shape index (κ2) is 3.43. The molecule has 0 aliphatic heterocycles. The first-order chi connectivity index (χ1) is 3.95. The van der Waals surface area contributed by atoms with E-state index in [9.17, 15) is 8.42 Å². The fourth-order valence-electron chi connectivity index (χ4n) is 0.449. The SMILES string of the molecule is CC(CS)CS(N)(=O)=O. The molecule has 1 atom stereocenters. The molecule has 0 bridgehead atoms. The Morgan fingerprint density at radius 1 is 1.67 bits per heavy atom. The summed E-state index contributed by atoms with van der Waals surface area (Å²) in [5, 5.41) is 4.75. The summed E-state index contributed by atoms with van der Waals surface area (Å²) in [7, 11) is -3.28. The Hall–Kier alpha value is 0.260. The molecule has 0 aromatic heterocycles. The van der Waals surface area contributed by atoms with E-state index in [0.717, 1.165) is 0 Å². The van der Waals surface area contributed by atoms with Crippen LogP contribution in [0, 0.1) is 5.92 Å². The van der Waals surface area contributed by atoms with Crippen LogP contribution < -0.4 is 5.14 Å². The Bertz CT molecular complexity index is 163. The van der Waals surface area contributed by atoms with Crippen molar-refractivity contribution in [1.82, 2.24) is 0 Å². The summed E-state index contributed by atoms with van der Waals surface area (Å²) in [6.07, 6.45) is 0. The molecule has 0 amide bonds. The monoisotopic (exact) mass is 169 g/mol. The van der Waals surface area contributed by atoms with Crippen LogP contribution in [-0.2, 0) is 10.0 Å². The van der Waals surface area contributed by atoms with Gasteiger partial charge in [-0.15, -0.1) is 0 Å². The van der Waals surface area contributed by atoms with E-state index in [4.69, 9.17) is 5.14 Å². The van der Waals surface area contributed by atoms with Crippen molar-refractivity contribution in [3.63, 3.8) is 0 Å². The van der Waals surface area contributed by atoms with Crippen LogP contribution in [0.3, 0.4) is 0 Å². The third-order valence-corrected chi connectivity index (χ3v) is 2.49. The molecule has 3 nitrogen and oxygen atoms in total. The lowest BCUT2D eigenvalue weighted by atomic mass is 10.3. The standard InChI is InChI=1S/C4H11NO2S2/c1-4(2-8)3-9(5,6)7/h4,8H,2-3H2,1H3,(H2,5,6,7). The summed E-state index contributed by atoms with van der Waals surface area (Å²) in [5.41, 5.74) is 0. The number of thiol groups is 1. The Balaban J connectivity index is 3.75. The highest BCUT2D eigenvalue weighted by atomic mass is 32.2. The van der Waals surface area contributed by atoms with Gasteiger partial charge in [0, 0.05) is 0 Å². The van der Waals surface area contributed by atoms with E-state index in [0.29, 0.717) is 5.75 Å². The first-order valence-electron chi connectivity index (χ1n) is 2.57. The maximum atomic E-state index is 10.3. The van der Waals surface area contributed by atoms with Crippen molar-refractivity contribution in [3.05, 3.63) is 0 Å². The molecule has 9 heavy (non-hydrogen) atoms. The molecule has 0 aromatic rings. The van der Waals surface area contributed by atoms with Gasteiger partial charge in [0.15, 0.2) is 0 Å². The van der Waals surface area contributed by atoms with Crippen molar-refractivity contribution < 1.29 is 8.42 Å². The molecule has 0 aliphatic rings. The molecule has 1 unspecified atom stereocenters. The fraction of sp³-hybridized carbons (Fsp3) is 1.00. The summed E-state index contributed by atoms with van der Waals surface area (Å²) in [6.45, 7) is 1.79. The van der Waals surface area contributed by atoms with Gasteiger partial charge in [-0.25, -0.2) is 13.6 Å². The molecule has 0 aliphatic carbocycles. The van der Waals surface area contributed by atoms with Crippen molar-refractivity contribution in [1.29, 1.82) is 0 Å². The highest BCUT2D eigenvalue weighted by molar-refractivity contribution is 7.89. The highest BCUT2D eigenvalue weighted by Gasteiger charge is 2.07. The first-order valence-corrected chi connectivity index (χ1v) is 4.92. The predicted molar refractivity (Wildman–Crippen MR) is 41.0 cm³/mol. The van der Waals surface area contributed by atoms with Crippen LogP contribution >= 0.6 is 12.6 Å². The lowest BCUT2D eigenvalue weighted by Crippen LogP contribution is -2.22. The number of hydrogen-bond acceptors (Lipinski definition) is 3. The van der Waals surface area contributed by atoms with Gasteiger partial charge in [-0.05, 0) is 11.7 Å². The average Bonchev–Trinajstić information content (AvgIpc) is 1.62. The van der Waals surface area contributed by atoms with Crippen LogP contribution in [0.2, 0.25) is 0 Å². The van der Waals surface area contributed by atoms with Crippen molar-refractivity contribution in [2.45, 2.75) is 6.92 Å². The maximum absolute atomic E-state index is 10.3. The van der Waals surface area contributed by atoms with Crippen LogP contribution in [0.25, 0.3) is 0 Å². The molecule has 0 heterocycles. The largest absolute Gasteiger partial charge is 0.229 e. The number of rotatable bonds is 3. The van der Waals surface area contributed by atoms with E-state index in [2.05, 4.69) is 12.6 Å². The van der Waals surface area contributed by atoms with Crippen LogP contribution in [0.15, 0.2) is 0 Å². The maximum Gasteiger partial charge on any atom is 0.209 e. The van der Waals surface area contributed by atoms with Gasteiger partial charge in [0.2, 0.25) is 10.0 Å². The van der Waals surface area contributed by atoms with Crippen LogP contribution in [-0.4, -0.2) is 19.9 Å². The summed E-state index contributed by atoms with van der Waals surface area (Å²) < 4.78 is 20.7. The van der Waals surface area contributed by atoms with Gasteiger partial charge in [0.05, 0.1) is 5.75 Å². The summed E-state index contributed by atoms with van der Waals surface area (Å²) >= 11 is 3.91. The van der Waals surface area contributed by atoms with Crippen molar-refractivity contribution in [3.8, 4) is 0 Å². The number of primary sulfonamides is 1. The van der Waals surface area contributed by atoms with E-state index in [1.165, 1.54) is 0 Å². The lowest BCUT2D eigenvalue weighted by Gasteiger charge is -2.03. The topological polar surface area (TPSA) is 60.2 Å². The minimum atomic E-state index is -3.28. The van der Waals surface area contributed by atoms with E-state index in [1.807, 2.05) is 0 Å². The number of hydrogen-bond donors (Lipinski definition) is 2. The van der Waals surface area contributed by atoms with Crippen molar-refractivity contribution >= 4 is 22.7 Å². The molecule has 0 saturated carbocycles. The molecule has 56 valence electrons. The van der Waals surface area contributed by atoms with E-state index >= 15 is 0 Å². The summed E-state index contributed by atoms with van der Waals surface area (Å²) in [6, 6.07) is 0. The molecule has 0 spiro atoms. The van der Waals surface area contributed by atoms with Crippen LogP contribution in [0.4, 0.5) is 0 Å². The predicted octanol–water partition coefficient (Wildman–Crippen LogP) is -0.159. The molecule has 0 fully saturated rings. The third-order valence-electron chi connectivity index (χ3n) is 0.828. The van der Waals surface area contributed by atoms with Crippen molar-refractivity contribution in [2.24, 2.45) is 11.1 Å². The Labute approximate surface area is 61.1 Å². The molecule has 0 aromatic carbocycles. The molecule has 0 saturated heterocycles. The van der Waals surface area contributed by atoms with Gasteiger partial charge in [0.25, 0.3) is 0 Å². The molecular formula is C4H11NO2S2. The molecule has 5 heteroatoms. The zero-order chi connectivity index (χ0) is 7.49. The van der Waals surface area contributed by atoms with Gasteiger partial charge >= 0.3 is 0 Å². The van der Waals surface area contributed by atoms with Gasteiger partial charge in [-0.2, -0.15) is 12.6 Å². The Kier molecular flexibility index (Phi) is 3.53. The normalized spacial score (nSPS) is 15.4. The minimum absolute atomic E-state index is 0.0243. The molecule has 0 rings (SSSR count). The Morgan fingerprint density at radius 2 is 2.11 bits per heavy atom. The van der Waals surface area contributed by atoms with Gasteiger partial charge in [0.1, 0.15) is 0 Å². The average molecular weight is 169 g/mol. The number of nitrogens with two attached hydrogens (primary N) is 1. The Morgan fingerprint density at radius 3 is 2.22 bits per heavy atom. The van der Waals surface area contributed by atoms with Gasteiger partial charge in [-0.3, -0.25) is 0 Å². The molecule has 2 N–H and O–H groups in total. The summed E-state index contributed by atoms with van der Waals surface area (Å²) in [4.78, 5) is 0. The van der Waals surface area contributed by atoms with Crippen molar-refractivity contribution in [2.75, 3.05) is 11.5 Å². The minimum Gasteiger partial charge on any atom is -0.229 e. The third kappa shape index (κ3) is 6.14. The van der Waals surface area contributed by atoms with Gasteiger partial charge < -0.3 is 0 Å². The van der Waals surface area contributed by atoms with Crippen LogP contribution in [0.5, 0.6) is 0 Å². The quantitative estimate of drug-likeness (QED) is 0.577. The van der Waals surface area contributed by atoms with E-state index in [1.54, 1.807) is 6.92 Å². The second-order valence-corrected chi connectivity index (χ2v) is 4.14. The highest BCUT2D eigenvalue weighted by Crippen LogP contribution is 1.98. The lowest BCUT2D eigenvalue weighted by molar-refractivity contribution is 0.585. The molecular weight excluding hydrogens is 158 g/mol. The zero-order valence-corrected chi connectivity index (χ0v) is 6.95. The van der Waals surface area contributed by atoms with Crippen LogP contribution in [0.1, 0.15) is 6.92 Å². The second-order valence-electron chi connectivity index (χ2n) is 2.12. The zero-order valence-electron chi connectivity index (χ0n) is 5.24. The summed E-state index contributed by atoms with van der Waals surface area (Å²) in [5.74, 6) is 0.621. The van der Waals surface area contributed by atoms with Gasteiger partial charge in [-0.1, -0.05) is 6.92 Å². The first kappa shape index (κ1) is 9.26.